The van der Waals surface area contributed by atoms with Gasteiger partial charge in [0.1, 0.15) is 0 Å². The third-order valence-electron chi connectivity index (χ3n) is 3.12. The standard InChI is InChI=1S/C12H17N3/c1-9(7-13)10(2)15-8-14-11-5-3-4-6-12(11)15/h3-6,8-10H,7,13H2,1-2H3. The van der Waals surface area contributed by atoms with E-state index in [-0.39, 0.29) is 0 Å². The lowest BCUT2D eigenvalue weighted by Gasteiger charge is -2.20. The lowest BCUT2D eigenvalue weighted by atomic mass is 10.0. The minimum absolute atomic E-state index is 0.391. The van der Waals surface area contributed by atoms with Crippen LogP contribution in [-0.4, -0.2) is 16.1 Å². The molecule has 0 aliphatic rings. The van der Waals surface area contributed by atoms with Crippen molar-refractivity contribution in [2.24, 2.45) is 11.7 Å². The average Bonchev–Trinajstić information content (AvgIpc) is 2.70. The first-order valence-corrected chi connectivity index (χ1v) is 5.35. The molecule has 0 saturated heterocycles. The molecule has 0 amide bonds. The highest BCUT2D eigenvalue weighted by molar-refractivity contribution is 5.75. The van der Waals surface area contributed by atoms with Gasteiger partial charge < -0.3 is 10.3 Å². The van der Waals surface area contributed by atoms with Gasteiger partial charge in [-0.3, -0.25) is 0 Å². The molecule has 15 heavy (non-hydrogen) atoms. The maximum absolute atomic E-state index is 5.69. The zero-order chi connectivity index (χ0) is 10.8. The van der Waals surface area contributed by atoms with Crippen LogP contribution in [0.1, 0.15) is 19.9 Å². The first-order chi connectivity index (χ1) is 7.24. The number of hydrogen-bond donors (Lipinski definition) is 1. The highest BCUT2D eigenvalue weighted by atomic mass is 15.1. The van der Waals surface area contributed by atoms with E-state index in [1.165, 1.54) is 5.52 Å². The van der Waals surface area contributed by atoms with Crippen molar-refractivity contribution in [1.29, 1.82) is 0 Å². The molecule has 0 radical (unpaired) electrons. The average molecular weight is 203 g/mol. The van der Waals surface area contributed by atoms with Gasteiger partial charge in [0, 0.05) is 6.04 Å². The minimum Gasteiger partial charge on any atom is -0.330 e. The summed E-state index contributed by atoms with van der Waals surface area (Å²) in [5, 5.41) is 0. The molecule has 3 nitrogen and oxygen atoms in total. The van der Waals surface area contributed by atoms with E-state index >= 15 is 0 Å². The third kappa shape index (κ3) is 1.75. The largest absolute Gasteiger partial charge is 0.330 e. The lowest BCUT2D eigenvalue weighted by molar-refractivity contribution is 0.395. The van der Waals surface area contributed by atoms with Crippen molar-refractivity contribution in [3.05, 3.63) is 30.6 Å². The summed E-state index contributed by atoms with van der Waals surface area (Å²) >= 11 is 0. The van der Waals surface area contributed by atoms with Gasteiger partial charge in [0.05, 0.1) is 17.4 Å². The number of hydrogen-bond acceptors (Lipinski definition) is 2. The summed E-state index contributed by atoms with van der Waals surface area (Å²) in [4.78, 5) is 4.38. The van der Waals surface area contributed by atoms with Gasteiger partial charge in [-0.1, -0.05) is 19.1 Å². The summed E-state index contributed by atoms with van der Waals surface area (Å²) in [6.45, 7) is 5.05. The molecule has 0 aliphatic carbocycles. The fourth-order valence-corrected chi connectivity index (χ4v) is 1.77. The summed E-state index contributed by atoms with van der Waals surface area (Å²) in [5.74, 6) is 0.461. The predicted molar refractivity (Wildman–Crippen MR) is 62.7 cm³/mol. The van der Waals surface area contributed by atoms with E-state index < -0.39 is 0 Å². The highest BCUT2D eigenvalue weighted by Gasteiger charge is 2.14. The van der Waals surface area contributed by atoms with E-state index in [0.717, 1.165) is 5.52 Å². The molecule has 3 heteroatoms. The number of nitrogens with zero attached hydrogens (tertiary/aromatic N) is 2. The molecule has 0 fully saturated rings. The van der Waals surface area contributed by atoms with Crippen molar-refractivity contribution in [3.63, 3.8) is 0 Å². The van der Waals surface area contributed by atoms with E-state index in [4.69, 9.17) is 5.73 Å². The highest BCUT2D eigenvalue weighted by Crippen LogP contribution is 2.22. The van der Waals surface area contributed by atoms with Gasteiger partial charge in [-0.15, -0.1) is 0 Å². The third-order valence-corrected chi connectivity index (χ3v) is 3.12. The molecule has 1 aromatic heterocycles. The molecular weight excluding hydrogens is 186 g/mol. The molecule has 0 saturated carbocycles. The minimum atomic E-state index is 0.391. The van der Waals surface area contributed by atoms with Crippen LogP contribution in [0.25, 0.3) is 11.0 Å². The Balaban J connectivity index is 2.43. The number of rotatable bonds is 3. The zero-order valence-electron chi connectivity index (χ0n) is 9.22. The van der Waals surface area contributed by atoms with Gasteiger partial charge in [0.25, 0.3) is 0 Å². The summed E-state index contributed by atoms with van der Waals surface area (Å²) in [6.07, 6.45) is 1.90. The van der Waals surface area contributed by atoms with Gasteiger partial charge in [-0.2, -0.15) is 0 Å². The second-order valence-electron chi connectivity index (χ2n) is 4.09. The fraction of sp³-hybridized carbons (Fsp3) is 0.417. The normalized spacial score (nSPS) is 15.4. The van der Waals surface area contributed by atoms with Crippen molar-refractivity contribution in [1.82, 2.24) is 9.55 Å². The van der Waals surface area contributed by atoms with Crippen LogP contribution in [0.5, 0.6) is 0 Å². The molecule has 1 aromatic carbocycles. The van der Waals surface area contributed by atoms with Crippen LogP contribution in [0, 0.1) is 5.92 Å². The van der Waals surface area contributed by atoms with Gasteiger partial charge in [-0.25, -0.2) is 4.98 Å². The van der Waals surface area contributed by atoms with Crippen LogP contribution in [0.3, 0.4) is 0 Å². The Morgan fingerprint density at radius 3 is 2.80 bits per heavy atom. The molecule has 2 N–H and O–H groups in total. The summed E-state index contributed by atoms with van der Waals surface area (Å²) < 4.78 is 2.20. The second kappa shape index (κ2) is 4.03. The predicted octanol–water partition coefficient (Wildman–Crippen LogP) is 2.19. The Morgan fingerprint density at radius 1 is 1.33 bits per heavy atom. The van der Waals surface area contributed by atoms with Gasteiger partial charge in [0.2, 0.25) is 0 Å². The lowest BCUT2D eigenvalue weighted by Crippen LogP contribution is -2.21. The number of para-hydroxylation sites is 2. The number of benzene rings is 1. The van der Waals surface area contributed by atoms with Crippen LogP contribution < -0.4 is 5.73 Å². The molecule has 2 rings (SSSR count). The molecule has 0 spiro atoms. The molecule has 80 valence electrons. The number of nitrogens with two attached hydrogens (primary N) is 1. The first-order valence-electron chi connectivity index (χ1n) is 5.35. The molecule has 0 bridgehead atoms. The summed E-state index contributed by atoms with van der Waals surface area (Å²) in [6, 6.07) is 8.58. The van der Waals surface area contributed by atoms with Gasteiger partial charge in [0.15, 0.2) is 0 Å². The Kier molecular flexibility index (Phi) is 2.73. The van der Waals surface area contributed by atoms with E-state index in [9.17, 15) is 0 Å². The van der Waals surface area contributed by atoms with E-state index in [2.05, 4.69) is 29.5 Å². The fourth-order valence-electron chi connectivity index (χ4n) is 1.77. The van der Waals surface area contributed by atoms with Crippen LogP contribution in [-0.2, 0) is 0 Å². The number of fused-ring (bicyclic) bond motifs is 1. The van der Waals surface area contributed by atoms with E-state index in [0.29, 0.717) is 18.5 Å². The zero-order valence-corrected chi connectivity index (χ0v) is 9.22. The van der Waals surface area contributed by atoms with Crippen molar-refractivity contribution < 1.29 is 0 Å². The molecular formula is C12H17N3. The van der Waals surface area contributed by atoms with Crippen LogP contribution >= 0.6 is 0 Å². The number of aromatic nitrogens is 2. The Labute approximate surface area is 89.9 Å². The van der Waals surface area contributed by atoms with Gasteiger partial charge >= 0.3 is 0 Å². The molecule has 1 heterocycles. The van der Waals surface area contributed by atoms with Crippen LogP contribution in [0.15, 0.2) is 30.6 Å². The number of imidazole rings is 1. The molecule has 0 aliphatic heterocycles. The van der Waals surface area contributed by atoms with Gasteiger partial charge in [-0.05, 0) is 31.5 Å². The van der Waals surface area contributed by atoms with Crippen molar-refractivity contribution in [2.75, 3.05) is 6.54 Å². The molecule has 2 unspecified atom stereocenters. The van der Waals surface area contributed by atoms with Crippen molar-refractivity contribution >= 4 is 11.0 Å². The van der Waals surface area contributed by atoms with Crippen molar-refractivity contribution in [3.8, 4) is 0 Å². The smallest absolute Gasteiger partial charge is 0.0960 e. The summed E-state index contributed by atoms with van der Waals surface area (Å²) in [7, 11) is 0. The topological polar surface area (TPSA) is 43.8 Å². The quantitative estimate of drug-likeness (QED) is 0.831. The Bertz CT molecular complexity index is 447. The molecule has 2 aromatic rings. The monoisotopic (exact) mass is 203 g/mol. The maximum atomic E-state index is 5.69. The molecule has 2 atom stereocenters. The van der Waals surface area contributed by atoms with Crippen LogP contribution in [0.4, 0.5) is 0 Å². The summed E-state index contributed by atoms with van der Waals surface area (Å²) in [5.41, 5.74) is 7.92. The maximum Gasteiger partial charge on any atom is 0.0960 e. The van der Waals surface area contributed by atoms with Crippen LogP contribution in [0.2, 0.25) is 0 Å². The Morgan fingerprint density at radius 2 is 2.07 bits per heavy atom. The van der Waals surface area contributed by atoms with E-state index in [1.54, 1.807) is 0 Å². The second-order valence-corrected chi connectivity index (χ2v) is 4.09. The first kappa shape index (κ1) is 10.2. The SMILES string of the molecule is CC(CN)C(C)n1cnc2ccccc21. The van der Waals surface area contributed by atoms with Crippen molar-refractivity contribution in [2.45, 2.75) is 19.9 Å². The van der Waals surface area contributed by atoms with E-state index in [1.807, 2.05) is 24.5 Å². The Hall–Kier alpha value is -1.35.